The summed E-state index contributed by atoms with van der Waals surface area (Å²) in [6.45, 7) is 8.30. The highest BCUT2D eigenvalue weighted by Crippen LogP contribution is 2.27. The van der Waals surface area contributed by atoms with Gasteiger partial charge < -0.3 is 4.90 Å². The first kappa shape index (κ1) is 13.0. The van der Waals surface area contributed by atoms with Crippen LogP contribution in [0.1, 0.15) is 31.2 Å². The molecule has 0 saturated carbocycles. The third-order valence-corrected chi connectivity index (χ3v) is 4.22. The summed E-state index contributed by atoms with van der Waals surface area (Å²) in [4.78, 5) is 11.4. The number of rotatable bonds is 2. The highest BCUT2D eigenvalue weighted by Gasteiger charge is 2.18. The molecule has 2 rings (SSSR count). The van der Waals surface area contributed by atoms with Crippen molar-refractivity contribution in [2.45, 2.75) is 26.7 Å². The van der Waals surface area contributed by atoms with Crippen LogP contribution in [0.5, 0.6) is 0 Å². The van der Waals surface area contributed by atoms with Gasteiger partial charge >= 0.3 is 0 Å². The van der Waals surface area contributed by atoms with E-state index < -0.39 is 0 Å². The van der Waals surface area contributed by atoms with Gasteiger partial charge in [0.15, 0.2) is 0 Å². The second-order valence-corrected chi connectivity index (χ2v) is 6.16. The van der Waals surface area contributed by atoms with Gasteiger partial charge in [0.2, 0.25) is 0 Å². The first-order valence-corrected chi connectivity index (χ1v) is 7.49. The summed E-state index contributed by atoms with van der Waals surface area (Å²) in [7, 11) is 0. The Bertz CT molecular complexity index is 403. The molecular formula is C12H18ClN3S. The summed E-state index contributed by atoms with van der Waals surface area (Å²) in [5.41, 5.74) is 1.00. The van der Waals surface area contributed by atoms with Crippen molar-refractivity contribution in [3.05, 3.63) is 16.5 Å². The molecular weight excluding hydrogens is 254 g/mol. The number of anilines is 1. The molecule has 0 radical (unpaired) electrons. The van der Waals surface area contributed by atoms with Crippen molar-refractivity contribution in [2.24, 2.45) is 0 Å². The van der Waals surface area contributed by atoms with Gasteiger partial charge in [-0.1, -0.05) is 25.4 Å². The van der Waals surface area contributed by atoms with E-state index in [1.54, 1.807) is 0 Å². The molecule has 1 aromatic heterocycles. The molecule has 0 amide bonds. The molecule has 1 saturated heterocycles. The number of thioether (sulfide) groups is 1. The van der Waals surface area contributed by atoms with Crippen molar-refractivity contribution in [3.63, 3.8) is 0 Å². The van der Waals surface area contributed by atoms with E-state index >= 15 is 0 Å². The standard InChI is InChI=1S/C12H18ClN3S/c1-8(2)11-14-10(13)9(3)12(15-11)16-4-6-17-7-5-16/h8H,4-7H2,1-3H3. The average Bonchev–Trinajstić information content (AvgIpc) is 2.33. The molecule has 0 unspecified atom stereocenters. The van der Waals surface area contributed by atoms with Gasteiger partial charge in [0.1, 0.15) is 16.8 Å². The minimum Gasteiger partial charge on any atom is -0.355 e. The molecule has 1 aromatic rings. The molecule has 5 heteroatoms. The highest BCUT2D eigenvalue weighted by molar-refractivity contribution is 7.99. The topological polar surface area (TPSA) is 29.0 Å². The number of halogens is 1. The average molecular weight is 272 g/mol. The molecule has 17 heavy (non-hydrogen) atoms. The molecule has 0 bridgehead atoms. The van der Waals surface area contributed by atoms with Gasteiger partial charge in [-0.2, -0.15) is 11.8 Å². The monoisotopic (exact) mass is 271 g/mol. The normalized spacial score (nSPS) is 16.6. The van der Waals surface area contributed by atoms with Crippen molar-refractivity contribution in [2.75, 3.05) is 29.5 Å². The summed E-state index contributed by atoms with van der Waals surface area (Å²) in [5, 5.41) is 0.594. The Hall–Kier alpha value is -0.480. The molecule has 0 aliphatic carbocycles. The summed E-state index contributed by atoms with van der Waals surface area (Å²) >= 11 is 8.20. The van der Waals surface area contributed by atoms with Gasteiger partial charge in [-0.15, -0.1) is 0 Å². The molecule has 94 valence electrons. The molecule has 0 spiro atoms. The van der Waals surface area contributed by atoms with Crippen molar-refractivity contribution < 1.29 is 0 Å². The molecule has 1 aliphatic heterocycles. The Kier molecular flexibility index (Phi) is 4.15. The Morgan fingerprint density at radius 3 is 2.47 bits per heavy atom. The summed E-state index contributed by atoms with van der Waals surface area (Å²) < 4.78 is 0. The van der Waals surface area contributed by atoms with Crippen LogP contribution < -0.4 is 4.90 Å². The summed E-state index contributed by atoms with van der Waals surface area (Å²) in [5.74, 6) is 4.50. The van der Waals surface area contributed by atoms with E-state index in [4.69, 9.17) is 11.6 Å². The molecule has 3 nitrogen and oxygen atoms in total. The van der Waals surface area contributed by atoms with Crippen LogP contribution >= 0.6 is 23.4 Å². The van der Waals surface area contributed by atoms with Gasteiger partial charge in [-0.05, 0) is 6.92 Å². The zero-order valence-corrected chi connectivity index (χ0v) is 12.1. The fourth-order valence-corrected chi connectivity index (χ4v) is 2.91. The van der Waals surface area contributed by atoms with E-state index in [-0.39, 0.29) is 0 Å². The second kappa shape index (κ2) is 5.44. The van der Waals surface area contributed by atoms with Crippen molar-refractivity contribution in [3.8, 4) is 0 Å². The predicted molar refractivity (Wildman–Crippen MR) is 75.4 cm³/mol. The van der Waals surface area contributed by atoms with Crippen LogP contribution in [0.3, 0.4) is 0 Å². The lowest BCUT2D eigenvalue weighted by atomic mass is 10.2. The lowest BCUT2D eigenvalue weighted by Crippen LogP contribution is -2.34. The van der Waals surface area contributed by atoms with Crippen molar-refractivity contribution in [1.29, 1.82) is 0 Å². The van der Waals surface area contributed by atoms with Crippen LogP contribution in [0.25, 0.3) is 0 Å². The van der Waals surface area contributed by atoms with Gasteiger partial charge in [0, 0.05) is 36.1 Å². The minimum absolute atomic E-state index is 0.311. The molecule has 0 aromatic carbocycles. The maximum absolute atomic E-state index is 6.20. The van der Waals surface area contributed by atoms with Crippen LogP contribution in [0.2, 0.25) is 5.15 Å². The number of nitrogens with zero attached hydrogens (tertiary/aromatic N) is 3. The van der Waals surface area contributed by atoms with Crippen molar-refractivity contribution in [1.82, 2.24) is 9.97 Å². The van der Waals surface area contributed by atoms with Crippen LogP contribution in [0, 0.1) is 6.92 Å². The van der Waals surface area contributed by atoms with Crippen LogP contribution in [-0.4, -0.2) is 34.6 Å². The fourth-order valence-electron chi connectivity index (χ4n) is 1.84. The number of hydrogen-bond acceptors (Lipinski definition) is 4. The molecule has 0 N–H and O–H groups in total. The molecule has 1 fully saturated rings. The molecule has 1 aliphatic rings. The highest BCUT2D eigenvalue weighted by atomic mass is 35.5. The van der Waals surface area contributed by atoms with Crippen LogP contribution in [-0.2, 0) is 0 Å². The zero-order chi connectivity index (χ0) is 12.4. The van der Waals surface area contributed by atoms with Crippen LogP contribution in [0.15, 0.2) is 0 Å². The summed E-state index contributed by atoms with van der Waals surface area (Å²) in [6, 6.07) is 0. The largest absolute Gasteiger partial charge is 0.355 e. The van der Waals surface area contributed by atoms with E-state index in [0.717, 1.165) is 41.8 Å². The van der Waals surface area contributed by atoms with Gasteiger partial charge in [0.25, 0.3) is 0 Å². The third-order valence-electron chi connectivity index (χ3n) is 2.91. The minimum atomic E-state index is 0.311. The fraction of sp³-hybridized carbons (Fsp3) is 0.667. The lowest BCUT2D eigenvalue weighted by molar-refractivity contribution is 0.750. The first-order valence-electron chi connectivity index (χ1n) is 5.96. The quantitative estimate of drug-likeness (QED) is 0.773. The SMILES string of the molecule is Cc1c(Cl)nc(C(C)C)nc1N1CCSCC1. The Labute approximate surface area is 112 Å². The second-order valence-electron chi connectivity index (χ2n) is 4.58. The van der Waals surface area contributed by atoms with Crippen LogP contribution in [0.4, 0.5) is 5.82 Å². The van der Waals surface area contributed by atoms with Gasteiger partial charge in [-0.25, -0.2) is 9.97 Å². The van der Waals surface area contributed by atoms with E-state index in [1.807, 2.05) is 18.7 Å². The van der Waals surface area contributed by atoms with E-state index in [2.05, 4.69) is 28.7 Å². The Morgan fingerprint density at radius 2 is 1.88 bits per heavy atom. The molecule has 0 atom stereocenters. The smallest absolute Gasteiger partial charge is 0.137 e. The lowest BCUT2D eigenvalue weighted by Gasteiger charge is -2.29. The Morgan fingerprint density at radius 1 is 1.24 bits per heavy atom. The number of aromatic nitrogens is 2. The predicted octanol–water partition coefficient (Wildman–Crippen LogP) is 3.12. The maximum atomic E-state index is 6.20. The maximum Gasteiger partial charge on any atom is 0.137 e. The van der Waals surface area contributed by atoms with Crippen molar-refractivity contribution >= 4 is 29.2 Å². The Balaban J connectivity index is 2.36. The van der Waals surface area contributed by atoms with Gasteiger partial charge in [-0.3, -0.25) is 0 Å². The van der Waals surface area contributed by atoms with Gasteiger partial charge in [0.05, 0.1) is 0 Å². The van der Waals surface area contributed by atoms with E-state index in [0.29, 0.717) is 11.1 Å². The number of hydrogen-bond donors (Lipinski definition) is 0. The molecule has 2 heterocycles. The first-order chi connectivity index (χ1) is 8.09. The third kappa shape index (κ3) is 2.86. The zero-order valence-electron chi connectivity index (χ0n) is 10.5. The van der Waals surface area contributed by atoms with E-state index in [1.165, 1.54) is 0 Å². The summed E-state index contributed by atoms with van der Waals surface area (Å²) in [6.07, 6.45) is 0. The van der Waals surface area contributed by atoms with E-state index in [9.17, 15) is 0 Å².